The van der Waals surface area contributed by atoms with E-state index in [0.29, 0.717) is 12.6 Å². The summed E-state index contributed by atoms with van der Waals surface area (Å²) >= 11 is 0. The predicted octanol–water partition coefficient (Wildman–Crippen LogP) is 0.745. The Morgan fingerprint density at radius 3 is 3.21 bits per heavy atom. The van der Waals surface area contributed by atoms with Gasteiger partial charge in [-0.05, 0) is 19.4 Å². The van der Waals surface area contributed by atoms with E-state index in [9.17, 15) is 0 Å². The molecule has 0 saturated carbocycles. The highest BCUT2D eigenvalue weighted by molar-refractivity contribution is 4.92. The van der Waals surface area contributed by atoms with E-state index in [0.717, 1.165) is 18.8 Å². The van der Waals surface area contributed by atoms with Gasteiger partial charge in [0.15, 0.2) is 0 Å². The van der Waals surface area contributed by atoms with Gasteiger partial charge in [-0.3, -0.25) is 9.97 Å². The molecular weight excluding hydrogens is 178 g/mol. The smallest absolute Gasteiger partial charge is 0.0904 e. The van der Waals surface area contributed by atoms with E-state index in [2.05, 4.69) is 15.3 Å². The highest BCUT2D eigenvalue weighted by Crippen LogP contribution is 2.05. The molecule has 0 unspecified atom stereocenters. The first-order valence-electron chi connectivity index (χ1n) is 5.01. The van der Waals surface area contributed by atoms with Gasteiger partial charge in [-0.25, -0.2) is 0 Å². The van der Waals surface area contributed by atoms with Gasteiger partial charge in [0.05, 0.1) is 25.1 Å². The lowest BCUT2D eigenvalue weighted by atomic mass is 10.2. The Balaban J connectivity index is 1.67. The van der Waals surface area contributed by atoms with Crippen molar-refractivity contribution < 1.29 is 4.74 Å². The highest BCUT2D eigenvalue weighted by atomic mass is 16.5. The zero-order chi connectivity index (χ0) is 9.64. The molecule has 0 spiro atoms. The van der Waals surface area contributed by atoms with E-state index in [1.807, 2.05) is 0 Å². The number of hydrogen-bond donors (Lipinski definition) is 1. The Hall–Kier alpha value is -1.00. The molecule has 2 heterocycles. The fourth-order valence-corrected chi connectivity index (χ4v) is 1.61. The van der Waals surface area contributed by atoms with Crippen LogP contribution in [0.5, 0.6) is 0 Å². The van der Waals surface area contributed by atoms with Gasteiger partial charge in [-0.15, -0.1) is 0 Å². The molecule has 0 aromatic carbocycles. The minimum atomic E-state index is 0.534. The maximum absolute atomic E-state index is 5.54. The van der Waals surface area contributed by atoms with Crippen LogP contribution in [0.25, 0.3) is 0 Å². The molecule has 1 saturated heterocycles. The summed E-state index contributed by atoms with van der Waals surface area (Å²) in [5, 5.41) is 3.38. The monoisotopic (exact) mass is 193 g/mol. The molecule has 0 radical (unpaired) electrons. The fraction of sp³-hybridized carbons (Fsp3) is 0.600. The van der Waals surface area contributed by atoms with Crippen LogP contribution in [-0.2, 0) is 11.3 Å². The van der Waals surface area contributed by atoms with E-state index in [-0.39, 0.29) is 0 Å². The van der Waals surface area contributed by atoms with Crippen LogP contribution in [-0.4, -0.2) is 29.2 Å². The minimum absolute atomic E-state index is 0.534. The van der Waals surface area contributed by atoms with Crippen LogP contribution >= 0.6 is 0 Å². The average molecular weight is 193 g/mol. The van der Waals surface area contributed by atoms with Crippen LogP contribution in [0.3, 0.4) is 0 Å². The molecule has 0 aliphatic carbocycles. The zero-order valence-electron chi connectivity index (χ0n) is 8.15. The summed E-state index contributed by atoms with van der Waals surface area (Å²) in [5.74, 6) is 0. The predicted molar refractivity (Wildman–Crippen MR) is 52.7 cm³/mol. The topological polar surface area (TPSA) is 47.0 Å². The molecular formula is C10H15N3O. The number of nitrogens with zero attached hydrogens (tertiary/aromatic N) is 2. The van der Waals surface area contributed by atoms with Gasteiger partial charge in [-0.1, -0.05) is 0 Å². The van der Waals surface area contributed by atoms with Crippen LogP contribution in [0, 0.1) is 0 Å². The van der Waals surface area contributed by atoms with Gasteiger partial charge in [0.1, 0.15) is 0 Å². The third-order valence-corrected chi connectivity index (χ3v) is 2.35. The van der Waals surface area contributed by atoms with Crippen molar-refractivity contribution >= 4 is 0 Å². The van der Waals surface area contributed by atoms with Crippen LogP contribution in [0.15, 0.2) is 18.6 Å². The Morgan fingerprint density at radius 2 is 2.50 bits per heavy atom. The number of ether oxygens (including phenoxy) is 1. The van der Waals surface area contributed by atoms with Gasteiger partial charge in [0.25, 0.3) is 0 Å². The molecule has 14 heavy (non-hydrogen) atoms. The van der Waals surface area contributed by atoms with Crippen molar-refractivity contribution in [1.82, 2.24) is 15.3 Å². The largest absolute Gasteiger partial charge is 0.373 e. The van der Waals surface area contributed by atoms with Gasteiger partial charge in [0.2, 0.25) is 0 Å². The van der Waals surface area contributed by atoms with Crippen molar-refractivity contribution in [3.8, 4) is 0 Å². The number of aromatic nitrogens is 2. The van der Waals surface area contributed by atoms with Crippen LogP contribution in [0.2, 0.25) is 0 Å². The molecule has 1 aromatic rings. The average Bonchev–Trinajstić information content (AvgIpc) is 2.72. The van der Waals surface area contributed by atoms with E-state index >= 15 is 0 Å². The SMILES string of the molecule is c1cnc(COC[C@@H]2CCCN2)cn1. The maximum Gasteiger partial charge on any atom is 0.0904 e. The van der Waals surface area contributed by atoms with Gasteiger partial charge in [0, 0.05) is 18.4 Å². The lowest BCUT2D eigenvalue weighted by molar-refractivity contribution is 0.101. The van der Waals surface area contributed by atoms with Gasteiger partial charge >= 0.3 is 0 Å². The van der Waals surface area contributed by atoms with E-state index in [1.54, 1.807) is 18.6 Å². The second kappa shape index (κ2) is 5.02. The molecule has 2 rings (SSSR count). The van der Waals surface area contributed by atoms with Crippen molar-refractivity contribution in [1.29, 1.82) is 0 Å². The third-order valence-electron chi connectivity index (χ3n) is 2.35. The summed E-state index contributed by atoms with van der Waals surface area (Å²) in [6.07, 6.45) is 7.58. The summed E-state index contributed by atoms with van der Waals surface area (Å²) in [4.78, 5) is 8.11. The van der Waals surface area contributed by atoms with Crippen LogP contribution < -0.4 is 5.32 Å². The number of hydrogen-bond acceptors (Lipinski definition) is 4. The molecule has 4 heteroatoms. The molecule has 0 amide bonds. The summed E-state index contributed by atoms with van der Waals surface area (Å²) in [6, 6.07) is 0.534. The second-order valence-electron chi connectivity index (χ2n) is 3.51. The molecule has 1 aliphatic rings. The first-order chi connectivity index (χ1) is 6.95. The molecule has 4 nitrogen and oxygen atoms in total. The highest BCUT2D eigenvalue weighted by Gasteiger charge is 2.13. The van der Waals surface area contributed by atoms with E-state index in [1.165, 1.54) is 12.8 Å². The molecule has 1 atom stereocenters. The maximum atomic E-state index is 5.54. The van der Waals surface area contributed by atoms with Crippen molar-refractivity contribution in [3.05, 3.63) is 24.3 Å². The van der Waals surface area contributed by atoms with E-state index in [4.69, 9.17) is 4.74 Å². The number of nitrogens with one attached hydrogen (secondary N) is 1. The number of rotatable bonds is 4. The van der Waals surface area contributed by atoms with Crippen LogP contribution in [0.4, 0.5) is 0 Å². The molecule has 1 aromatic heterocycles. The fourth-order valence-electron chi connectivity index (χ4n) is 1.61. The first-order valence-corrected chi connectivity index (χ1v) is 5.01. The molecule has 0 bridgehead atoms. The quantitative estimate of drug-likeness (QED) is 0.766. The molecule has 1 aliphatic heterocycles. The molecule has 76 valence electrons. The van der Waals surface area contributed by atoms with Gasteiger partial charge in [-0.2, -0.15) is 0 Å². The zero-order valence-corrected chi connectivity index (χ0v) is 8.15. The first kappa shape index (κ1) is 9.55. The Morgan fingerprint density at radius 1 is 1.50 bits per heavy atom. The summed E-state index contributed by atoms with van der Waals surface area (Å²) in [6.45, 7) is 2.46. The standard InChI is InChI=1S/C10H15N3O/c1-2-9(12-3-1)7-14-8-10-6-11-4-5-13-10/h4-6,9,12H,1-3,7-8H2/t9-/m0/s1. The van der Waals surface area contributed by atoms with E-state index < -0.39 is 0 Å². The summed E-state index contributed by atoms with van der Waals surface area (Å²) in [5.41, 5.74) is 0.894. The molecule has 1 fully saturated rings. The Kier molecular flexibility index (Phi) is 3.43. The van der Waals surface area contributed by atoms with Crippen molar-refractivity contribution in [2.24, 2.45) is 0 Å². The minimum Gasteiger partial charge on any atom is -0.373 e. The molecule has 1 N–H and O–H groups in total. The Bertz CT molecular complexity index is 259. The second-order valence-corrected chi connectivity index (χ2v) is 3.51. The normalized spacial score (nSPS) is 21.3. The summed E-state index contributed by atoms with van der Waals surface area (Å²) in [7, 11) is 0. The summed E-state index contributed by atoms with van der Waals surface area (Å²) < 4.78 is 5.54. The lowest BCUT2D eigenvalue weighted by Crippen LogP contribution is -2.26. The Labute approximate surface area is 83.7 Å². The van der Waals surface area contributed by atoms with Crippen molar-refractivity contribution in [2.45, 2.75) is 25.5 Å². The van der Waals surface area contributed by atoms with Crippen molar-refractivity contribution in [3.63, 3.8) is 0 Å². The van der Waals surface area contributed by atoms with Gasteiger partial charge < -0.3 is 10.1 Å². The van der Waals surface area contributed by atoms with Crippen LogP contribution in [0.1, 0.15) is 18.5 Å². The third kappa shape index (κ3) is 2.75. The van der Waals surface area contributed by atoms with Crippen molar-refractivity contribution in [2.75, 3.05) is 13.2 Å². The lowest BCUT2D eigenvalue weighted by Gasteiger charge is -2.09.